The molecule has 1 aromatic carbocycles. The Kier molecular flexibility index (Phi) is 9.93. The Morgan fingerprint density at radius 3 is 2.23 bits per heavy atom. The molecule has 1 unspecified atom stereocenters. The number of carbonyl (C=O) groups is 1. The summed E-state index contributed by atoms with van der Waals surface area (Å²) in [5, 5.41) is 0. The van der Waals surface area contributed by atoms with Gasteiger partial charge in [-0.3, -0.25) is 4.79 Å². The topological polar surface area (TPSA) is 26.3 Å². The number of aryl methyl sites for hydroxylation is 2. The number of ketones is 1. The van der Waals surface area contributed by atoms with Crippen LogP contribution >= 0.6 is 0 Å². The Morgan fingerprint density at radius 1 is 1.23 bits per heavy atom. The molecule has 0 bridgehead atoms. The molecule has 0 radical (unpaired) electrons. The van der Waals surface area contributed by atoms with Gasteiger partial charge >= 0.3 is 0 Å². The first-order chi connectivity index (χ1) is 10.4. The van der Waals surface area contributed by atoms with E-state index in [2.05, 4.69) is 27.0 Å². The number of rotatable bonds is 7. The van der Waals surface area contributed by atoms with Gasteiger partial charge in [0.25, 0.3) is 0 Å². The second kappa shape index (κ2) is 10.8. The number of Topliss-reactive ketones (excluding diaryl/α,β-unsaturated/α-hetero) is 1. The Morgan fingerprint density at radius 2 is 1.77 bits per heavy atom. The number of benzene rings is 1. The van der Waals surface area contributed by atoms with E-state index in [-0.39, 0.29) is 11.9 Å². The van der Waals surface area contributed by atoms with E-state index in [0.29, 0.717) is 5.56 Å². The molecule has 1 rings (SSSR count). The van der Waals surface area contributed by atoms with Crippen LogP contribution in [0.5, 0.6) is 5.75 Å². The monoisotopic (exact) mass is 302 g/mol. The molecule has 2 heteroatoms. The Bertz CT molecular complexity index is 495. The Labute approximate surface area is 135 Å². The summed E-state index contributed by atoms with van der Waals surface area (Å²) in [6, 6.07) is 3.91. The molecule has 1 aromatic rings. The maximum Gasteiger partial charge on any atom is 0.163 e. The van der Waals surface area contributed by atoms with Crippen LogP contribution in [0.2, 0.25) is 0 Å². The highest BCUT2D eigenvalue weighted by Crippen LogP contribution is 2.25. The van der Waals surface area contributed by atoms with Crippen molar-refractivity contribution in [3.8, 4) is 5.75 Å². The molecule has 0 aliphatic carbocycles. The van der Waals surface area contributed by atoms with Crippen LogP contribution in [0.4, 0.5) is 0 Å². The van der Waals surface area contributed by atoms with E-state index in [1.54, 1.807) is 19.1 Å². The highest BCUT2D eigenvalue weighted by atomic mass is 16.5. The van der Waals surface area contributed by atoms with Crippen LogP contribution in [-0.2, 0) is 0 Å². The summed E-state index contributed by atoms with van der Waals surface area (Å²) < 4.78 is 5.92. The van der Waals surface area contributed by atoms with Gasteiger partial charge in [0.1, 0.15) is 5.75 Å². The van der Waals surface area contributed by atoms with Gasteiger partial charge in [-0.25, -0.2) is 0 Å². The van der Waals surface area contributed by atoms with Gasteiger partial charge in [0.2, 0.25) is 0 Å². The summed E-state index contributed by atoms with van der Waals surface area (Å²) in [6.07, 6.45) is 6.78. The molecule has 0 heterocycles. The third-order valence-electron chi connectivity index (χ3n) is 3.43. The summed E-state index contributed by atoms with van der Waals surface area (Å²) in [6.45, 7) is 16.6. The minimum absolute atomic E-state index is 0.0655. The van der Waals surface area contributed by atoms with E-state index in [1.165, 1.54) is 6.42 Å². The summed E-state index contributed by atoms with van der Waals surface area (Å²) in [4.78, 5) is 11.6. The largest absolute Gasteiger partial charge is 0.490 e. The van der Waals surface area contributed by atoms with Gasteiger partial charge in [-0.1, -0.05) is 45.1 Å². The van der Waals surface area contributed by atoms with Crippen LogP contribution < -0.4 is 4.74 Å². The first-order valence-corrected chi connectivity index (χ1v) is 7.89. The maximum atomic E-state index is 11.6. The van der Waals surface area contributed by atoms with Gasteiger partial charge in [-0.15, -0.1) is 0 Å². The van der Waals surface area contributed by atoms with Crippen LogP contribution in [0, 0.1) is 13.8 Å². The van der Waals surface area contributed by atoms with Crippen molar-refractivity contribution in [3.05, 3.63) is 54.1 Å². The van der Waals surface area contributed by atoms with Gasteiger partial charge in [0, 0.05) is 0 Å². The molecule has 0 aliphatic rings. The van der Waals surface area contributed by atoms with Crippen LogP contribution in [0.25, 0.3) is 0 Å². The molecule has 2 nitrogen and oxygen atoms in total. The minimum atomic E-state index is 0.0655. The normalized spacial score (nSPS) is 11.0. The first-order valence-electron chi connectivity index (χ1n) is 7.89. The van der Waals surface area contributed by atoms with E-state index in [1.807, 2.05) is 26.0 Å². The smallest absolute Gasteiger partial charge is 0.163 e. The van der Waals surface area contributed by atoms with Gasteiger partial charge in [0.05, 0.1) is 11.7 Å². The third-order valence-corrected chi connectivity index (χ3v) is 3.43. The molecule has 1 atom stereocenters. The quantitative estimate of drug-likeness (QED) is 0.468. The number of carbonyl (C=O) groups excluding carboxylic acids is 1. The Balaban J connectivity index is 0.000000980. The van der Waals surface area contributed by atoms with E-state index in [4.69, 9.17) is 4.74 Å². The van der Waals surface area contributed by atoms with Crippen molar-refractivity contribution in [2.45, 2.75) is 60.0 Å². The fraction of sp³-hybridized carbons (Fsp3) is 0.450. The van der Waals surface area contributed by atoms with Crippen molar-refractivity contribution in [1.82, 2.24) is 0 Å². The molecule has 0 aromatic heterocycles. The fourth-order valence-electron chi connectivity index (χ4n) is 1.93. The average molecular weight is 302 g/mol. The predicted octanol–water partition coefficient (Wildman–Crippen LogP) is 5.82. The number of allylic oxidation sites excluding steroid dienone is 2. The zero-order valence-electron chi connectivity index (χ0n) is 14.7. The average Bonchev–Trinajstić information content (AvgIpc) is 2.48. The van der Waals surface area contributed by atoms with E-state index in [0.717, 1.165) is 29.7 Å². The second-order valence-corrected chi connectivity index (χ2v) is 5.53. The summed E-state index contributed by atoms with van der Waals surface area (Å²) in [5.41, 5.74) is 2.99. The van der Waals surface area contributed by atoms with Crippen molar-refractivity contribution < 1.29 is 9.53 Å². The number of unbranched alkanes of at least 4 members (excludes halogenated alkanes) is 1. The molecule has 0 N–H and O–H groups in total. The minimum Gasteiger partial charge on any atom is -0.490 e. The molecular formula is C20H30O2. The van der Waals surface area contributed by atoms with Crippen LogP contribution in [0.3, 0.4) is 0 Å². The first kappa shape index (κ1) is 20.2. The standard InChI is InChI=1S/C16H24O2.C4H6/c1-6-7-8-13(4)18-16-10-12(3)11(2)9-15(16)14(5)17;1-3-4-2/h9-10,13H,6-8H2,1-5H3;3-4H,1-2H2. The second-order valence-electron chi connectivity index (χ2n) is 5.53. The highest BCUT2D eigenvalue weighted by molar-refractivity contribution is 5.97. The highest BCUT2D eigenvalue weighted by Gasteiger charge is 2.13. The van der Waals surface area contributed by atoms with E-state index in [9.17, 15) is 4.79 Å². The van der Waals surface area contributed by atoms with Crippen LogP contribution in [0.15, 0.2) is 37.4 Å². The predicted molar refractivity (Wildman–Crippen MR) is 95.9 cm³/mol. The van der Waals surface area contributed by atoms with Crippen molar-refractivity contribution in [1.29, 1.82) is 0 Å². The van der Waals surface area contributed by atoms with Crippen LogP contribution in [0.1, 0.15) is 61.5 Å². The van der Waals surface area contributed by atoms with Crippen molar-refractivity contribution >= 4 is 5.78 Å². The van der Waals surface area contributed by atoms with Gasteiger partial charge < -0.3 is 4.74 Å². The van der Waals surface area contributed by atoms with Crippen molar-refractivity contribution in [2.24, 2.45) is 0 Å². The lowest BCUT2D eigenvalue weighted by molar-refractivity contribution is 0.101. The van der Waals surface area contributed by atoms with Crippen molar-refractivity contribution in [3.63, 3.8) is 0 Å². The number of hydrogen-bond acceptors (Lipinski definition) is 2. The molecule has 0 spiro atoms. The molecule has 122 valence electrons. The molecule has 0 saturated heterocycles. The number of ether oxygens (including phenoxy) is 1. The van der Waals surface area contributed by atoms with Gasteiger partial charge in [0.15, 0.2) is 5.78 Å². The summed E-state index contributed by atoms with van der Waals surface area (Å²) in [5.74, 6) is 0.796. The zero-order chi connectivity index (χ0) is 17.1. The van der Waals surface area contributed by atoms with Crippen LogP contribution in [-0.4, -0.2) is 11.9 Å². The lowest BCUT2D eigenvalue weighted by Crippen LogP contribution is -2.14. The maximum absolute atomic E-state index is 11.6. The van der Waals surface area contributed by atoms with Crippen molar-refractivity contribution in [2.75, 3.05) is 0 Å². The summed E-state index contributed by atoms with van der Waals surface area (Å²) >= 11 is 0. The molecule has 0 saturated carbocycles. The molecule has 22 heavy (non-hydrogen) atoms. The third kappa shape index (κ3) is 7.26. The zero-order valence-corrected chi connectivity index (χ0v) is 14.7. The lowest BCUT2D eigenvalue weighted by atomic mass is 10.0. The SMILES string of the molecule is C=CC=C.CCCCC(C)Oc1cc(C)c(C)cc1C(C)=O. The molecule has 0 amide bonds. The Hall–Kier alpha value is -1.83. The molecule has 0 aliphatic heterocycles. The summed E-state index contributed by atoms with van der Waals surface area (Å²) in [7, 11) is 0. The number of hydrogen-bond donors (Lipinski definition) is 0. The van der Waals surface area contributed by atoms with E-state index < -0.39 is 0 Å². The molecule has 0 fully saturated rings. The van der Waals surface area contributed by atoms with Gasteiger partial charge in [-0.05, 0) is 57.4 Å². The van der Waals surface area contributed by atoms with E-state index >= 15 is 0 Å². The van der Waals surface area contributed by atoms with Gasteiger partial charge in [-0.2, -0.15) is 0 Å². The lowest BCUT2D eigenvalue weighted by Gasteiger charge is -2.18. The fourth-order valence-corrected chi connectivity index (χ4v) is 1.93. The molecular weight excluding hydrogens is 272 g/mol.